The number of hydrogen-bond acceptors (Lipinski definition) is 3. The molecule has 5 heteroatoms. The maximum absolute atomic E-state index is 9.79. The van der Waals surface area contributed by atoms with E-state index in [4.69, 9.17) is 32.7 Å². The lowest BCUT2D eigenvalue weighted by Crippen LogP contribution is -2.28. The zero-order valence-electron chi connectivity index (χ0n) is 20.7. The van der Waals surface area contributed by atoms with Crippen LogP contribution in [-0.4, -0.2) is 36.2 Å². The molecule has 0 radical (unpaired) electrons. The van der Waals surface area contributed by atoms with E-state index in [0.29, 0.717) is 18.2 Å². The van der Waals surface area contributed by atoms with E-state index in [1.165, 1.54) is 22.3 Å². The molecule has 4 aromatic carbocycles. The Morgan fingerprint density at radius 1 is 0.649 bits per heavy atom. The topological polar surface area (TPSA) is 38.7 Å². The fourth-order valence-corrected chi connectivity index (χ4v) is 5.32. The Morgan fingerprint density at radius 2 is 1.11 bits per heavy atom. The maximum atomic E-state index is 9.79. The molecule has 1 aliphatic rings. The molecule has 0 saturated heterocycles. The van der Waals surface area contributed by atoms with Crippen LogP contribution in [0.2, 0.25) is 0 Å². The first-order valence-corrected chi connectivity index (χ1v) is 13.6. The number of aliphatic hydroxyl groups is 1. The van der Waals surface area contributed by atoms with Crippen molar-refractivity contribution in [2.75, 3.05) is 25.0 Å². The highest BCUT2D eigenvalue weighted by Gasteiger charge is 2.45. The summed E-state index contributed by atoms with van der Waals surface area (Å²) < 4.78 is 11.8. The molecule has 4 aromatic rings. The van der Waals surface area contributed by atoms with Crippen LogP contribution in [0.4, 0.5) is 0 Å². The largest absolute Gasteiger partial charge is 0.493 e. The van der Waals surface area contributed by atoms with Gasteiger partial charge in [0, 0.05) is 11.8 Å². The molecule has 0 fully saturated rings. The summed E-state index contributed by atoms with van der Waals surface area (Å²) in [6, 6.07) is 33.9. The van der Waals surface area contributed by atoms with Crippen LogP contribution in [0.25, 0.3) is 11.1 Å². The number of hydrogen-bond donors (Lipinski definition) is 1. The number of halogens is 2. The Morgan fingerprint density at radius 3 is 1.57 bits per heavy atom. The van der Waals surface area contributed by atoms with Crippen molar-refractivity contribution in [2.24, 2.45) is 5.92 Å². The van der Waals surface area contributed by atoms with E-state index < -0.39 is 11.5 Å². The quantitative estimate of drug-likeness (QED) is 0.192. The van der Waals surface area contributed by atoms with Crippen LogP contribution in [0, 0.1) is 5.92 Å². The molecular formula is C32H30Cl2O3. The predicted molar refractivity (Wildman–Crippen MR) is 151 cm³/mol. The van der Waals surface area contributed by atoms with Gasteiger partial charge in [-0.3, -0.25) is 0 Å². The van der Waals surface area contributed by atoms with Crippen LogP contribution in [-0.2, 0) is 5.41 Å². The molecule has 0 heterocycles. The van der Waals surface area contributed by atoms with Crippen LogP contribution in [0.3, 0.4) is 0 Å². The molecule has 37 heavy (non-hydrogen) atoms. The summed E-state index contributed by atoms with van der Waals surface area (Å²) in [6.45, 7) is 2.81. The fraction of sp³-hybridized carbons (Fsp3) is 0.250. The third kappa shape index (κ3) is 4.84. The number of alkyl halides is 2. The summed E-state index contributed by atoms with van der Waals surface area (Å²) in [5.74, 6) is 2.52. The van der Waals surface area contributed by atoms with E-state index >= 15 is 0 Å². The van der Waals surface area contributed by atoms with Crippen molar-refractivity contribution in [1.82, 2.24) is 0 Å². The summed E-state index contributed by atoms with van der Waals surface area (Å²) in [5.41, 5.74) is 6.76. The Labute approximate surface area is 228 Å². The number of rotatable bonds is 10. The average molecular weight is 533 g/mol. The van der Waals surface area contributed by atoms with Crippen molar-refractivity contribution in [3.63, 3.8) is 0 Å². The lowest BCUT2D eigenvalue weighted by Gasteiger charge is -2.34. The summed E-state index contributed by atoms with van der Waals surface area (Å²) in [5, 5.41) is 9.79. The number of benzene rings is 4. The lowest BCUT2D eigenvalue weighted by molar-refractivity contribution is 0.125. The molecule has 2 atom stereocenters. The van der Waals surface area contributed by atoms with Gasteiger partial charge >= 0.3 is 0 Å². The van der Waals surface area contributed by atoms with Gasteiger partial charge in [-0.2, -0.15) is 0 Å². The van der Waals surface area contributed by atoms with Crippen LogP contribution < -0.4 is 9.47 Å². The fourth-order valence-electron chi connectivity index (χ4n) is 5.15. The summed E-state index contributed by atoms with van der Waals surface area (Å²) in [4.78, 5) is 0. The Kier molecular flexibility index (Phi) is 7.76. The van der Waals surface area contributed by atoms with Gasteiger partial charge in [0.25, 0.3) is 0 Å². The van der Waals surface area contributed by atoms with Crippen LogP contribution in [0.5, 0.6) is 11.5 Å². The van der Waals surface area contributed by atoms with E-state index in [0.717, 1.165) is 16.9 Å². The second-order valence-electron chi connectivity index (χ2n) is 9.58. The van der Waals surface area contributed by atoms with Gasteiger partial charge < -0.3 is 14.6 Å². The first-order chi connectivity index (χ1) is 18.1. The molecule has 1 N–H and O–H groups in total. The second-order valence-corrected chi connectivity index (χ2v) is 10.2. The minimum atomic E-state index is -0.700. The molecule has 3 nitrogen and oxygen atoms in total. The van der Waals surface area contributed by atoms with E-state index in [1.54, 1.807) is 0 Å². The van der Waals surface area contributed by atoms with Crippen molar-refractivity contribution in [3.8, 4) is 22.6 Å². The van der Waals surface area contributed by atoms with Crippen molar-refractivity contribution in [1.29, 1.82) is 0 Å². The van der Waals surface area contributed by atoms with Gasteiger partial charge in [0.05, 0.1) is 17.9 Å². The molecule has 0 spiro atoms. The smallest absolute Gasteiger partial charge is 0.119 e. The Hall–Kier alpha value is -2.98. The minimum absolute atomic E-state index is 0.138. The normalized spacial score (nSPS) is 14.9. The van der Waals surface area contributed by atoms with Gasteiger partial charge in [0.1, 0.15) is 24.2 Å². The highest BCUT2D eigenvalue weighted by Crippen LogP contribution is 2.56. The van der Waals surface area contributed by atoms with E-state index in [1.807, 2.05) is 24.3 Å². The first kappa shape index (κ1) is 25.7. The molecule has 0 saturated carbocycles. The Balaban J connectivity index is 1.61. The lowest BCUT2D eigenvalue weighted by atomic mass is 9.68. The molecule has 5 rings (SSSR count). The van der Waals surface area contributed by atoms with Crippen molar-refractivity contribution >= 4 is 23.2 Å². The van der Waals surface area contributed by atoms with Crippen molar-refractivity contribution in [3.05, 3.63) is 119 Å². The molecular weight excluding hydrogens is 503 g/mol. The van der Waals surface area contributed by atoms with Gasteiger partial charge in [-0.15, -0.1) is 23.2 Å². The van der Waals surface area contributed by atoms with Gasteiger partial charge in [-0.1, -0.05) is 79.7 Å². The van der Waals surface area contributed by atoms with Gasteiger partial charge in [-0.05, 0) is 57.6 Å². The molecule has 0 bridgehead atoms. The summed E-state index contributed by atoms with van der Waals surface area (Å²) >= 11 is 11.7. The molecule has 190 valence electrons. The first-order valence-electron chi connectivity index (χ1n) is 12.5. The SMILES string of the molecule is CC(CCl)COc1ccc(C2(c3ccc(OCC(O)CCl)cc3)c3ccccc3-c3ccccc32)cc1. The molecule has 1 aliphatic carbocycles. The van der Waals surface area contributed by atoms with Gasteiger partial charge in [0.2, 0.25) is 0 Å². The molecule has 0 aliphatic heterocycles. The number of fused-ring (bicyclic) bond motifs is 3. The monoisotopic (exact) mass is 532 g/mol. The third-order valence-corrected chi connectivity index (χ3v) is 7.83. The van der Waals surface area contributed by atoms with Gasteiger partial charge in [0.15, 0.2) is 0 Å². The van der Waals surface area contributed by atoms with Crippen LogP contribution >= 0.6 is 23.2 Å². The highest BCUT2D eigenvalue weighted by atomic mass is 35.5. The standard InChI is InChI=1S/C32H30Cl2O3/c1-22(18-33)20-36-26-14-10-23(11-15-26)32(24-12-16-27(17-13-24)37-21-25(35)19-34)30-8-4-2-6-28(30)29-7-3-5-9-31(29)32/h2-17,22,25,35H,18-21H2,1H3. The summed E-state index contributed by atoms with van der Waals surface area (Å²) in [7, 11) is 0. The Bertz CT molecular complexity index is 1230. The molecule has 2 unspecified atom stereocenters. The summed E-state index contributed by atoms with van der Waals surface area (Å²) in [6.07, 6.45) is -0.700. The van der Waals surface area contributed by atoms with E-state index in [-0.39, 0.29) is 18.4 Å². The second kappa shape index (κ2) is 11.2. The zero-order chi connectivity index (χ0) is 25.8. The maximum Gasteiger partial charge on any atom is 0.119 e. The van der Waals surface area contributed by atoms with Crippen LogP contribution in [0.1, 0.15) is 29.2 Å². The van der Waals surface area contributed by atoms with E-state index in [9.17, 15) is 5.11 Å². The van der Waals surface area contributed by atoms with Crippen LogP contribution in [0.15, 0.2) is 97.1 Å². The number of aliphatic hydroxyl groups excluding tert-OH is 1. The predicted octanol–water partition coefficient (Wildman–Crippen LogP) is 7.28. The number of ether oxygens (including phenoxy) is 2. The minimum Gasteiger partial charge on any atom is -0.493 e. The molecule has 0 aromatic heterocycles. The third-order valence-electron chi connectivity index (χ3n) is 6.95. The van der Waals surface area contributed by atoms with Crippen molar-refractivity contribution in [2.45, 2.75) is 18.4 Å². The highest BCUT2D eigenvalue weighted by molar-refractivity contribution is 6.18. The molecule has 0 amide bonds. The van der Waals surface area contributed by atoms with Crippen molar-refractivity contribution < 1.29 is 14.6 Å². The van der Waals surface area contributed by atoms with E-state index in [2.05, 4.69) is 79.7 Å². The average Bonchev–Trinajstić information content (AvgIpc) is 3.26. The van der Waals surface area contributed by atoms with Gasteiger partial charge in [-0.25, -0.2) is 0 Å². The zero-order valence-corrected chi connectivity index (χ0v) is 22.3.